The summed E-state index contributed by atoms with van der Waals surface area (Å²) >= 11 is 0. The zero-order valence-electron chi connectivity index (χ0n) is 13.2. The van der Waals surface area contributed by atoms with Crippen LogP contribution in [-0.4, -0.2) is 27.7 Å². The number of carbonyl (C=O) groups is 2. The molecule has 2 aromatic carbocycles. The summed E-state index contributed by atoms with van der Waals surface area (Å²) in [4.78, 5) is 45.9. The quantitative estimate of drug-likeness (QED) is 0.493. The van der Waals surface area contributed by atoms with E-state index in [1.165, 1.54) is 48.5 Å². The smallest absolute Gasteiger partial charge is 0.269 e. The SMILES string of the molecule is O=C1CC(Nc2ccc([N+](=O)[O-])cc2)C(=O)N1c1ccc([N+](=O)[O-])cc1. The number of nitrogens with one attached hydrogen (secondary N) is 1. The molecule has 1 N–H and O–H groups in total. The summed E-state index contributed by atoms with van der Waals surface area (Å²) in [7, 11) is 0. The van der Waals surface area contributed by atoms with Crippen molar-refractivity contribution in [2.45, 2.75) is 12.5 Å². The molecule has 10 heteroatoms. The number of hydrogen-bond donors (Lipinski definition) is 1. The van der Waals surface area contributed by atoms with E-state index in [0.717, 1.165) is 4.90 Å². The van der Waals surface area contributed by atoms with Crippen LogP contribution in [0.1, 0.15) is 6.42 Å². The van der Waals surface area contributed by atoms with E-state index in [1.54, 1.807) is 0 Å². The molecule has 2 aromatic rings. The van der Waals surface area contributed by atoms with E-state index in [0.29, 0.717) is 5.69 Å². The first-order valence-electron chi connectivity index (χ1n) is 7.49. The number of hydrogen-bond acceptors (Lipinski definition) is 7. The van der Waals surface area contributed by atoms with E-state index in [1.807, 2.05) is 0 Å². The van der Waals surface area contributed by atoms with Crippen LogP contribution in [0.2, 0.25) is 0 Å². The van der Waals surface area contributed by atoms with Gasteiger partial charge in [-0.15, -0.1) is 0 Å². The summed E-state index contributed by atoms with van der Waals surface area (Å²) in [6.45, 7) is 0. The molecule has 1 saturated heterocycles. The predicted octanol–water partition coefficient (Wildman–Crippen LogP) is 2.25. The minimum absolute atomic E-state index is 0.0862. The second-order valence-corrected chi connectivity index (χ2v) is 5.55. The van der Waals surface area contributed by atoms with E-state index in [9.17, 15) is 29.8 Å². The lowest BCUT2D eigenvalue weighted by atomic mass is 10.2. The monoisotopic (exact) mass is 356 g/mol. The summed E-state index contributed by atoms with van der Waals surface area (Å²) in [5, 5.41) is 24.2. The van der Waals surface area contributed by atoms with Crippen LogP contribution in [0.4, 0.5) is 22.7 Å². The number of amides is 2. The van der Waals surface area contributed by atoms with E-state index >= 15 is 0 Å². The molecule has 0 spiro atoms. The molecule has 0 saturated carbocycles. The molecule has 1 aliphatic heterocycles. The Morgan fingerprint density at radius 1 is 0.885 bits per heavy atom. The molecular weight excluding hydrogens is 344 g/mol. The molecule has 1 aliphatic rings. The number of carbonyl (C=O) groups excluding carboxylic acids is 2. The summed E-state index contributed by atoms with van der Waals surface area (Å²) in [5.74, 6) is -0.939. The topological polar surface area (TPSA) is 136 Å². The van der Waals surface area contributed by atoms with Crippen LogP contribution in [0.3, 0.4) is 0 Å². The summed E-state index contributed by atoms with van der Waals surface area (Å²) in [6, 6.07) is 9.76. The Labute approximate surface area is 146 Å². The van der Waals surface area contributed by atoms with Crippen molar-refractivity contribution in [1.29, 1.82) is 0 Å². The normalized spacial score (nSPS) is 16.6. The fraction of sp³-hybridized carbons (Fsp3) is 0.125. The van der Waals surface area contributed by atoms with Crippen molar-refractivity contribution >= 4 is 34.6 Å². The number of nitrogens with zero attached hydrogens (tertiary/aromatic N) is 3. The fourth-order valence-electron chi connectivity index (χ4n) is 2.62. The van der Waals surface area contributed by atoms with Gasteiger partial charge in [-0.1, -0.05) is 0 Å². The minimum Gasteiger partial charge on any atom is -0.373 e. The van der Waals surface area contributed by atoms with Gasteiger partial charge in [0.25, 0.3) is 17.3 Å². The van der Waals surface area contributed by atoms with Gasteiger partial charge in [0.15, 0.2) is 0 Å². The number of imide groups is 1. The average molecular weight is 356 g/mol. The Kier molecular flexibility index (Phi) is 4.31. The molecule has 1 fully saturated rings. The maximum Gasteiger partial charge on any atom is 0.269 e. The molecule has 0 aliphatic carbocycles. The molecule has 0 aromatic heterocycles. The first-order valence-corrected chi connectivity index (χ1v) is 7.49. The third-order valence-corrected chi connectivity index (χ3v) is 3.88. The number of nitro groups is 2. The van der Waals surface area contributed by atoms with Crippen LogP contribution in [0.5, 0.6) is 0 Å². The summed E-state index contributed by atoms with van der Waals surface area (Å²) < 4.78 is 0. The highest BCUT2D eigenvalue weighted by molar-refractivity contribution is 6.23. The molecule has 26 heavy (non-hydrogen) atoms. The van der Waals surface area contributed by atoms with Crippen molar-refractivity contribution in [3.05, 3.63) is 68.8 Å². The third kappa shape index (κ3) is 3.20. The van der Waals surface area contributed by atoms with Crippen LogP contribution >= 0.6 is 0 Å². The Hall–Kier alpha value is -3.82. The molecular formula is C16H12N4O6. The van der Waals surface area contributed by atoms with E-state index < -0.39 is 27.7 Å². The Morgan fingerprint density at radius 2 is 1.38 bits per heavy atom. The summed E-state index contributed by atoms with van der Waals surface area (Å²) in [5.41, 5.74) is 0.483. The maximum absolute atomic E-state index is 12.5. The van der Waals surface area contributed by atoms with Crippen molar-refractivity contribution < 1.29 is 19.4 Å². The molecule has 10 nitrogen and oxygen atoms in total. The van der Waals surface area contributed by atoms with Crippen molar-refractivity contribution in [3.8, 4) is 0 Å². The van der Waals surface area contributed by atoms with Gasteiger partial charge in [-0.2, -0.15) is 0 Å². The van der Waals surface area contributed by atoms with Crippen LogP contribution in [0, 0.1) is 20.2 Å². The van der Waals surface area contributed by atoms with Crippen molar-refractivity contribution in [1.82, 2.24) is 0 Å². The second kappa shape index (κ2) is 6.59. The van der Waals surface area contributed by atoms with Gasteiger partial charge >= 0.3 is 0 Å². The number of anilines is 2. The molecule has 0 bridgehead atoms. The van der Waals surface area contributed by atoms with Gasteiger partial charge in [0.1, 0.15) is 6.04 Å². The molecule has 3 rings (SSSR count). The number of nitro benzene ring substituents is 2. The lowest BCUT2D eigenvalue weighted by molar-refractivity contribution is -0.385. The number of benzene rings is 2. The standard InChI is InChI=1S/C16H12N4O6/c21-15-9-14(17-10-1-3-12(4-2-10)19(23)24)16(22)18(15)11-5-7-13(8-6-11)20(25)26/h1-8,14,17H,9H2. The van der Waals surface area contributed by atoms with E-state index in [4.69, 9.17) is 0 Å². The number of rotatable bonds is 5. The molecule has 2 amide bonds. The van der Waals surface area contributed by atoms with Crippen molar-refractivity contribution in [2.24, 2.45) is 0 Å². The first kappa shape index (κ1) is 17.0. The first-order chi connectivity index (χ1) is 12.4. The van der Waals surface area contributed by atoms with Gasteiger partial charge in [0.2, 0.25) is 5.91 Å². The fourth-order valence-corrected chi connectivity index (χ4v) is 2.62. The Morgan fingerprint density at radius 3 is 1.88 bits per heavy atom. The van der Waals surface area contributed by atoms with Crippen LogP contribution in [0.15, 0.2) is 48.5 Å². The van der Waals surface area contributed by atoms with Crippen LogP contribution in [-0.2, 0) is 9.59 Å². The van der Waals surface area contributed by atoms with Gasteiger partial charge in [-0.3, -0.25) is 29.8 Å². The zero-order chi connectivity index (χ0) is 18.8. The Bertz CT molecular complexity index is 894. The van der Waals surface area contributed by atoms with Gasteiger partial charge in [-0.25, -0.2) is 4.90 Å². The van der Waals surface area contributed by atoms with Crippen molar-refractivity contribution in [2.75, 3.05) is 10.2 Å². The minimum atomic E-state index is -0.820. The molecule has 132 valence electrons. The summed E-state index contributed by atoms with van der Waals surface area (Å²) in [6.07, 6.45) is -0.0905. The number of non-ortho nitro benzene ring substituents is 2. The highest BCUT2D eigenvalue weighted by Gasteiger charge is 2.39. The van der Waals surface area contributed by atoms with Gasteiger partial charge < -0.3 is 5.32 Å². The lowest BCUT2D eigenvalue weighted by Gasteiger charge is -2.16. The molecule has 1 atom stereocenters. The van der Waals surface area contributed by atoms with E-state index in [2.05, 4.69) is 5.32 Å². The largest absolute Gasteiger partial charge is 0.373 e. The second-order valence-electron chi connectivity index (χ2n) is 5.55. The zero-order valence-corrected chi connectivity index (χ0v) is 13.2. The van der Waals surface area contributed by atoms with Gasteiger partial charge in [0.05, 0.1) is 22.0 Å². The van der Waals surface area contributed by atoms with Crippen molar-refractivity contribution in [3.63, 3.8) is 0 Å². The average Bonchev–Trinajstić information content (AvgIpc) is 2.89. The van der Waals surface area contributed by atoms with Gasteiger partial charge in [0, 0.05) is 30.0 Å². The van der Waals surface area contributed by atoms with Gasteiger partial charge in [-0.05, 0) is 24.3 Å². The molecule has 0 radical (unpaired) electrons. The third-order valence-electron chi connectivity index (χ3n) is 3.88. The van der Waals surface area contributed by atoms with Crippen LogP contribution in [0.25, 0.3) is 0 Å². The lowest BCUT2D eigenvalue weighted by Crippen LogP contribution is -2.34. The Balaban J connectivity index is 1.76. The maximum atomic E-state index is 12.5. The predicted molar refractivity (Wildman–Crippen MR) is 90.7 cm³/mol. The highest BCUT2D eigenvalue weighted by atomic mass is 16.6. The van der Waals surface area contributed by atoms with E-state index in [-0.39, 0.29) is 23.5 Å². The van der Waals surface area contributed by atoms with Crippen LogP contribution < -0.4 is 10.2 Å². The molecule has 1 unspecified atom stereocenters. The highest BCUT2D eigenvalue weighted by Crippen LogP contribution is 2.27. The molecule has 1 heterocycles.